The van der Waals surface area contributed by atoms with E-state index in [1.54, 1.807) is 0 Å². The minimum atomic E-state index is 0.162. The van der Waals surface area contributed by atoms with Gasteiger partial charge in [-0.25, -0.2) is 0 Å². The van der Waals surface area contributed by atoms with Crippen LogP contribution in [0.5, 0.6) is 0 Å². The van der Waals surface area contributed by atoms with Crippen molar-refractivity contribution in [1.82, 2.24) is 10.2 Å². The van der Waals surface area contributed by atoms with E-state index in [9.17, 15) is 4.79 Å². The molecule has 0 radical (unpaired) electrons. The van der Waals surface area contributed by atoms with Gasteiger partial charge >= 0.3 is 0 Å². The van der Waals surface area contributed by atoms with Crippen molar-refractivity contribution >= 4 is 21.8 Å². The second-order valence-electron chi connectivity index (χ2n) is 5.16. The first-order valence-corrected chi connectivity index (χ1v) is 7.69. The molecular formula is C15H21BrN2O. The summed E-state index contributed by atoms with van der Waals surface area (Å²) in [5.41, 5.74) is 0.781. The van der Waals surface area contributed by atoms with Crippen molar-refractivity contribution < 1.29 is 4.79 Å². The van der Waals surface area contributed by atoms with Gasteiger partial charge in [-0.1, -0.05) is 22.0 Å². The third-order valence-corrected chi connectivity index (χ3v) is 4.17. The van der Waals surface area contributed by atoms with Crippen LogP contribution in [0.3, 0.4) is 0 Å². The van der Waals surface area contributed by atoms with Crippen molar-refractivity contribution in [3.8, 4) is 0 Å². The predicted molar refractivity (Wildman–Crippen MR) is 81.3 cm³/mol. The zero-order valence-electron chi connectivity index (χ0n) is 11.4. The first-order valence-electron chi connectivity index (χ1n) is 6.90. The number of likely N-dealkylation sites (tertiary alicyclic amines) is 1. The van der Waals surface area contributed by atoms with E-state index >= 15 is 0 Å². The highest BCUT2D eigenvalue weighted by Crippen LogP contribution is 2.21. The number of amides is 1. The van der Waals surface area contributed by atoms with Crippen LogP contribution < -0.4 is 5.32 Å². The molecule has 1 saturated heterocycles. The van der Waals surface area contributed by atoms with Gasteiger partial charge in [0.15, 0.2) is 0 Å². The Morgan fingerprint density at radius 2 is 2.37 bits per heavy atom. The number of piperidine rings is 1. The highest BCUT2D eigenvalue weighted by Gasteiger charge is 2.24. The Labute approximate surface area is 123 Å². The molecule has 1 atom stereocenters. The predicted octanol–water partition coefficient (Wildman–Crippen LogP) is 2.91. The quantitative estimate of drug-likeness (QED) is 0.923. The molecule has 1 aliphatic rings. The SMILES string of the molecule is CNCCC1CCCN(C(=O)c2cccc(Br)c2)C1. The molecule has 2 rings (SSSR count). The molecule has 1 N–H and O–H groups in total. The fourth-order valence-corrected chi connectivity index (χ4v) is 3.04. The lowest BCUT2D eigenvalue weighted by molar-refractivity contribution is 0.0668. The maximum Gasteiger partial charge on any atom is 0.253 e. The molecule has 0 aliphatic carbocycles. The molecule has 104 valence electrons. The van der Waals surface area contributed by atoms with Gasteiger partial charge in [-0.3, -0.25) is 4.79 Å². The molecule has 1 amide bonds. The van der Waals surface area contributed by atoms with Gasteiger partial charge < -0.3 is 10.2 Å². The highest BCUT2D eigenvalue weighted by atomic mass is 79.9. The number of carbonyl (C=O) groups excluding carboxylic acids is 1. The lowest BCUT2D eigenvalue weighted by Crippen LogP contribution is -2.40. The molecule has 1 heterocycles. The van der Waals surface area contributed by atoms with E-state index < -0.39 is 0 Å². The minimum absolute atomic E-state index is 0.162. The monoisotopic (exact) mass is 324 g/mol. The smallest absolute Gasteiger partial charge is 0.253 e. The van der Waals surface area contributed by atoms with Gasteiger partial charge in [0, 0.05) is 23.1 Å². The standard InChI is InChI=1S/C15H21BrN2O/c1-17-8-7-12-4-3-9-18(11-12)15(19)13-5-2-6-14(16)10-13/h2,5-6,10,12,17H,3-4,7-9,11H2,1H3. The average molecular weight is 325 g/mol. The average Bonchev–Trinajstić information content (AvgIpc) is 2.44. The molecular weight excluding hydrogens is 304 g/mol. The van der Waals surface area contributed by atoms with Crippen LogP contribution in [0.2, 0.25) is 0 Å². The van der Waals surface area contributed by atoms with Gasteiger partial charge in [0.1, 0.15) is 0 Å². The summed E-state index contributed by atoms with van der Waals surface area (Å²) >= 11 is 3.42. The van der Waals surface area contributed by atoms with Gasteiger partial charge in [0.05, 0.1) is 0 Å². The molecule has 3 nitrogen and oxygen atoms in total. The summed E-state index contributed by atoms with van der Waals surface area (Å²) in [6.07, 6.45) is 3.51. The number of halogens is 1. The Morgan fingerprint density at radius 3 is 3.11 bits per heavy atom. The second-order valence-corrected chi connectivity index (χ2v) is 6.08. The summed E-state index contributed by atoms with van der Waals surface area (Å²) in [7, 11) is 1.98. The molecule has 1 unspecified atom stereocenters. The van der Waals surface area contributed by atoms with Gasteiger partial charge in [-0.05, 0) is 57.0 Å². The number of carbonyl (C=O) groups is 1. The van der Waals surface area contributed by atoms with Crippen LogP contribution in [0.25, 0.3) is 0 Å². The van der Waals surface area contributed by atoms with Gasteiger partial charge in [0.2, 0.25) is 0 Å². The van der Waals surface area contributed by atoms with E-state index in [-0.39, 0.29) is 5.91 Å². The molecule has 1 fully saturated rings. The second kappa shape index (κ2) is 7.06. The third-order valence-electron chi connectivity index (χ3n) is 3.68. The molecule has 0 spiro atoms. The van der Waals surface area contributed by atoms with E-state index in [1.807, 2.05) is 36.2 Å². The number of hydrogen-bond donors (Lipinski definition) is 1. The summed E-state index contributed by atoms with van der Waals surface area (Å²) in [5, 5.41) is 3.19. The molecule has 1 aromatic carbocycles. The molecule has 1 aromatic rings. The number of benzene rings is 1. The fraction of sp³-hybridized carbons (Fsp3) is 0.533. The Balaban J connectivity index is 1.99. The van der Waals surface area contributed by atoms with Crippen molar-refractivity contribution in [2.24, 2.45) is 5.92 Å². The van der Waals surface area contributed by atoms with Crippen molar-refractivity contribution in [2.75, 3.05) is 26.7 Å². The Bertz CT molecular complexity index is 436. The third kappa shape index (κ3) is 4.05. The summed E-state index contributed by atoms with van der Waals surface area (Å²) in [4.78, 5) is 14.5. The first kappa shape index (κ1) is 14.5. The summed E-state index contributed by atoms with van der Waals surface area (Å²) in [6, 6.07) is 7.66. The maximum absolute atomic E-state index is 12.5. The molecule has 0 saturated carbocycles. The fourth-order valence-electron chi connectivity index (χ4n) is 2.64. The van der Waals surface area contributed by atoms with Crippen LogP contribution >= 0.6 is 15.9 Å². The topological polar surface area (TPSA) is 32.3 Å². The van der Waals surface area contributed by atoms with E-state index in [4.69, 9.17) is 0 Å². The minimum Gasteiger partial charge on any atom is -0.338 e. The van der Waals surface area contributed by atoms with E-state index in [2.05, 4.69) is 21.2 Å². The van der Waals surface area contributed by atoms with Crippen LogP contribution in [-0.4, -0.2) is 37.5 Å². The molecule has 0 bridgehead atoms. The summed E-state index contributed by atoms with van der Waals surface area (Å²) in [6.45, 7) is 2.82. The van der Waals surface area contributed by atoms with Gasteiger partial charge in [0.25, 0.3) is 5.91 Å². The highest BCUT2D eigenvalue weighted by molar-refractivity contribution is 9.10. The van der Waals surface area contributed by atoms with Crippen molar-refractivity contribution in [1.29, 1.82) is 0 Å². The Morgan fingerprint density at radius 1 is 1.53 bits per heavy atom. The van der Waals surface area contributed by atoms with Crippen LogP contribution in [-0.2, 0) is 0 Å². The number of nitrogens with zero attached hydrogens (tertiary/aromatic N) is 1. The lowest BCUT2D eigenvalue weighted by atomic mass is 9.94. The van der Waals surface area contributed by atoms with Crippen molar-refractivity contribution in [2.45, 2.75) is 19.3 Å². The van der Waals surface area contributed by atoms with Crippen molar-refractivity contribution in [3.05, 3.63) is 34.3 Å². The summed E-state index contributed by atoms with van der Waals surface area (Å²) in [5.74, 6) is 0.799. The Hall–Kier alpha value is -0.870. The maximum atomic E-state index is 12.5. The number of rotatable bonds is 4. The van der Waals surface area contributed by atoms with Crippen LogP contribution in [0.15, 0.2) is 28.7 Å². The van der Waals surface area contributed by atoms with Gasteiger partial charge in [-0.15, -0.1) is 0 Å². The number of nitrogens with one attached hydrogen (secondary N) is 1. The summed E-state index contributed by atoms with van der Waals surface area (Å²) < 4.78 is 0.960. The van der Waals surface area contributed by atoms with Crippen LogP contribution in [0.4, 0.5) is 0 Å². The van der Waals surface area contributed by atoms with Crippen LogP contribution in [0.1, 0.15) is 29.6 Å². The molecule has 1 aliphatic heterocycles. The van der Waals surface area contributed by atoms with Crippen LogP contribution in [0, 0.1) is 5.92 Å². The zero-order chi connectivity index (χ0) is 13.7. The van der Waals surface area contributed by atoms with Gasteiger partial charge in [-0.2, -0.15) is 0 Å². The van der Waals surface area contributed by atoms with Crippen molar-refractivity contribution in [3.63, 3.8) is 0 Å². The molecule has 4 heteroatoms. The molecule has 19 heavy (non-hydrogen) atoms. The Kier molecular flexibility index (Phi) is 5.40. The number of hydrogen-bond acceptors (Lipinski definition) is 2. The van der Waals surface area contributed by atoms with E-state index in [0.717, 1.165) is 42.5 Å². The normalized spacial score (nSPS) is 19.5. The largest absolute Gasteiger partial charge is 0.338 e. The lowest BCUT2D eigenvalue weighted by Gasteiger charge is -2.33. The molecule has 0 aromatic heterocycles. The zero-order valence-corrected chi connectivity index (χ0v) is 12.9. The first-order chi connectivity index (χ1) is 9.20. The van der Waals surface area contributed by atoms with E-state index in [0.29, 0.717) is 5.92 Å². The van der Waals surface area contributed by atoms with E-state index in [1.165, 1.54) is 6.42 Å².